The number of hydrogen-bond acceptors (Lipinski definition) is 0. The van der Waals surface area contributed by atoms with Crippen LogP contribution in [0.2, 0.25) is 0 Å². The first-order chi connectivity index (χ1) is 21.8. The molecule has 44 heavy (non-hydrogen) atoms. The van der Waals surface area contributed by atoms with E-state index in [4.69, 9.17) is 0 Å². The summed E-state index contributed by atoms with van der Waals surface area (Å²) >= 11 is 0. The first kappa shape index (κ1) is 24.9. The topological polar surface area (TPSA) is 4.93 Å². The maximum Gasteiger partial charge on any atom is 0.0541 e. The fourth-order valence-corrected chi connectivity index (χ4v) is 7.02. The second-order valence-electron chi connectivity index (χ2n) is 11.8. The van der Waals surface area contributed by atoms with Gasteiger partial charge in [0.2, 0.25) is 0 Å². The predicted octanol–water partition coefficient (Wildman–Crippen LogP) is 11.4. The SMILES string of the molecule is c1ccc(-c2ccc(-c3ccc4c(c3)-c3cc(-c5ccc6c(c5)c5ccccc5n6-c5ccccc5)ccc3C4)cc2)cc1. The number of nitrogens with zero attached hydrogens (tertiary/aromatic N) is 1. The van der Waals surface area contributed by atoms with Crippen LogP contribution in [0.1, 0.15) is 11.1 Å². The third kappa shape index (κ3) is 4.01. The molecule has 7 aromatic carbocycles. The van der Waals surface area contributed by atoms with Gasteiger partial charge >= 0.3 is 0 Å². The Bertz CT molecular complexity index is 2320. The Labute approximate surface area is 257 Å². The Morgan fingerprint density at radius 2 is 0.818 bits per heavy atom. The molecule has 1 heterocycles. The zero-order chi connectivity index (χ0) is 29.0. The molecule has 1 nitrogen and oxygen atoms in total. The van der Waals surface area contributed by atoms with Crippen LogP contribution in [-0.4, -0.2) is 4.57 Å². The molecule has 1 heteroatoms. The highest BCUT2D eigenvalue weighted by molar-refractivity contribution is 6.10. The average Bonchev–Trinajstić information content (AvgIpc) is 3.63. The lowest BCUT2D eigenvalue weighted by molar-refractivity contribution is 1.18. The van der Waals surface area contributed by atoms with Gasteiger partial charge in [-0.05, 0) is 105 Å². The number of fused-ring (bicyclic) bond motifs is 6. The van der Waals surface area contributed by atoms with E-state index in [1.165, 1.54) is 83.1 Å². The molecule has 8 aromatic rings. The molecule has 0 bridgehead atoms. The maximum absolute atomic E-state index is 2.40. The van der Waals surface area contributed by atoms with Crippen molar-refractivity contribution in [1.29, 1.82) is 0 Å². The molecule has 206 valence electrons. The zero-order valence-electron chi connectivity index (χ0n) is 24.2. The second-order valence-corrected chi connectivity index (χ2v) is 11.8. The summed E-state index contributed by atoms with van der Waals surface area (Å²) in [5, 5.41) is 2.56. The standard InChI is InChI=1S/C43H29N/c1-3-9-29(10-4-1)30-15-17-31(18-16-30)32-19-21-35-25-36-22-20-33(27-40(36)39(35)26-32)34-23-24-43-41(28-34)38-13-7-8-14-42(38)44(43)37-11-5-2-6-12-37/h1-24,26-28H,25H2. The van der Waals surface area contributed by atoms with Gasteiger partial charge in [0.1, 0.15) is 0 Å². The molecule has 1 aromatic heterocycles. The summed E-state index contributed by atoms with van der Waals surface area (Å²) in [7, 11) is 0. The van der Waals surface area contributed by atoms with Crippen LogP contribution in [0, 0.1) is 0 Å². The van der Waals surface area contributed by atoms with Gasteiger partial charge in [0, 0.05) is 16.5 Å². The van der Waals surface area contributed by atoms with E-state index in [1.54, 1.807) is 0 Å². The monoisotopic (exact) mass is 559 g/mol. The van der Waals surface area contributed by atoms with Gasteiger partial charge in [-0.2, -0.15) is 0 Å². The highest BCUT2D eigenvalue weighted by Gasteiger charge is 2.20. The Morgan fingerprint density at radius 3 is 1.52 bits per heavy atom. The molecule has 1 aliphatic carbocycles. The lowest BCUT2D eigenvalue weighted by Gasteiger charge is -2.10. The fraction of sp³-hybridized carbons (Fsp3) is 0.0233. The van der Waals surface area contributed by atoms with Crippen molar-refractivity contribution in [3.05, 3.63) is 175 Å². The van der Waals surface area contributed by atoms with Gasteiger partial charge in [-0.3, -0.25) is 0 Å². The van der Waals surface area contributed by atoms with Crippen molar-refractivity contribution in [2.75, 3.05) is 0 Å². The minimum Gasteiger partial charge on any atom is -0.309 e. The number of rotatable bonds is 4. The molecular formula is C43H29N. The number of benzene rings is 7. The van der Waals surface area contributed by atoms with Crippen LogP contribution in [0.4, 0.5) is 0 Å². The second kappa shape index (κ2) is 9.97. The summed E-state index contributed by atoms with van der Waals surface area (Å²) in [5.41, 5.74) is 16.7. The van der Waals surface area contributed by atoms with Crippen molar-refractivity contribution >= 4 is 21.8 Å². The van der Waals surface area contributed by atoms with Crippen molar-refractivity contribution in [1.82, 2.24) is 4.57 Å². The van der Waals surface area contributed by atoms with E-state index in [0.717, 1.165) is 6.42 Å². The Balaban J connectivity index is 1.11. The zero-order valence-corrected chi connectivity index (χ0v) is 24.2. The molecule has 0 amide bonds. The summed E-state index contributed by atoms with van der Waals surface area (Å²) < 4.78 is 2.38. The van der Waals surface area contributed by atoms with Crippen LogP contribution in [0.25, 0.3) is 72.0 Å². The highest BCUT2D eigenvalue weighted by atomic mass is 15.0. The molecular weight excluding hydrogens is 530 g/mol. The van der Waals surface area contributed by atoms with E-state index in [9.17, 15) is 0 Å². The largest absolute Gasteiger partial charge is 0.309 e. The maximum atomic E-state index is 2.40. The van der Waals surface area contributed by atoms with Crippen molar-refractivity contribution in [2.45, 2.75) is 6.42 Å². The van der Waals surface area contributed by atoms with Gasteiger partial charge < -0.3 is 4.57 Å². The molecule has 0 spiro atoms. The minimum absolute atomic E-state index is 0.988. The van der Waals surface area contributed by atoms with Gasteiger partial charge in [0.15, 0.2) is 0 Å². The van der Waals surface area contributed by atoms with Gasteiger partial charge in [0.05, 0.1) is 11.0 Å². The van der Waals surface area contributed by atoms with Gasteiger partial charge in [-0.25, -0.2) is 0 Å². The van der Waals surface area contributed by atoms with E-state index in [-0.39, 0.29) is 0 Å². The van der Waals surface area contributed by atoms with Crippen molar-refractivity contribution in [3.63, 3.8) is 0 Å². The van der Waals surface area contributed by atoms with Gasteiger partial charge in [-0.1, -0.05) is 121 Å². The number of para-hydroxylation sites is 2. The number of aromatic nitrogens is 1. The summed E-state index contributed by atoms with van der Waals surface area (Å²) in [4.78, 5) is 0. The van der Waals surface area contributed by atoms with Crippen LogP contribution < -0.4 is 0 Å². The molecule has 0 unspecified atom stereocenters. The molecule has 0 N–H and O–H groups in total. The van der Waals surface area contributed by atoms with E-state index in [0.29, 0.717) is 0 Å². The van der Waals surface area contributed by atoms with Crippen molar-refractivity contribution in [2.24, 2.45) is 0 Å². The lowest BCUT2D eigenvalue weighted by Crippen LogP contribution is -1.92. The van der Waals surface area contributed by atoms with Gasteiger partial charge in [-0.15, -0.1) is 0 Å². The van der Waals surface area contributed by atoms with Crippen LogP contribution in [0.5, 0.6) is 0 Å². The van der Waals surface area contributed by atoms with Crippen LogP contribution >= 0.6 is 0 Å². The van der Waals surface area contributed by atoms with E-state index < -0.39 is 0 Å². The van der Waals surface area contributed by atoms with Crippen LogP contribution in [0.15, 0.2) is 164 Å². The summed E-state index contributed by atoms with van der Waals surface area (Å²) in [6.45, 7) is 0. The van der Waals surface area contributed by atoms with Crippen LogP contribution in [0.3, 0.4) is 0 Å². The van der Waals surface area contributed by atoms with E-state index >= 15 is 0 Å². The predicted molar refractivity (Wildman–Crippen MR) is 185 cm³/mol. The summed E-state index contributed by atoms with van der Waals surface area (Å²) in [6, 6.07) is 59.9. The number of hydrogen-bond donors (Lipinski definition) is 0. The van der Waals surface area contributed by atoms with Gasteiger partial charge in [0.25, 0.3) is 0 Å². The van der Waals surface area contributed by atoms with E-state index in [2.05, 4.69) is 168 Å². The fourth-order valence-electron chi connectivity index (χ4n) is 7.02. The van der Waals surface area contributed by atoms with Crippen molar-refractivity contribution < 1.29 is 0 Å². The molecule has 0 atom stereocenters. The molecule has 1 aliphatic rings. The normalized spacial score (nSPS) is 12.0. The Kier molecular flexibility index (Phi) is 5.64. The van der Waals surface area contributed by atoms with E-state index in [1.807, 2.05) is 0 Å². The molecule has 0 radical (unpaired) electrons. The molecule has 0 fully saturated rings. The Morgan fingerprint density at radius 1 is 0.341 bits per heavy atom. The van der Waals surface area contributed by atoms with Crippen molar-refractivity contribution in [3.8, 4) is 50.2 Å². The summed E-state index contributed by atoms with van der Waals surface area (Å²) in [6.07, 6.45) is 0.988. The molecule has 9 rings (SSSR count). The minimum atomic E-state index is 0.988. The third-order valence-electron chi connectivity index (χ3n) is 9.24. The molecule has 0 saturated heterocycles. The third-order valence-corrected chi connectivity index (χ3v) is 9.24. The molecule has 0 aliphatic heterocycles. The molecule has 0 saturated carbocycles. The Hall–Kier alpha value is -5.66. The van der Waals surface area contributed by atoms with Crippen LogP contribution in [-0.2, 0) is 6.42 Å². The first-order valence-electron chi connectivity index (χ1n) is 15.3. The summed E-state index contributed by atoms with van der Waals surface area (Å²) in [5.74, 6) is 0. The smallest absolute Gasteiger partial charge is 0.0541 e. The average molecular weight is 560 g/mol. The quantitative estimate of drug-likeness (QED) is 0.202. The highest BCUT2D eigenvalue weighted by Crippen LogP contribution is 2.42. The first-order valence-corrected chi connectivity index (χ1v) is 15.3. The lowest BCUT2D eigenvalue weighted by atomic mass is 9.95.